The van der Waals surface area contributed by atoms with Gasteiger partial charge in [-0.2, -0.15) is 0 Å². The molecule has 1 aromatic heterocycles. The first-order valence-electron chi connectivity index (χ1n) is 3.20. The molecular weight excluding hydrogens is 364 g/mol. The molecule has 2 rings (SSSR count). The summed E-state index contributed by atoms with van der Waals surface area (Å²) in [4.78, 5) is 3.24. The largest absolute Gasteiger partial charge is 0.359 e. The van der Waals surface area contributed by atoms with E-state index >= 15 is 0 Å². The second-order valence-electron chi connectivity index (χ2n) is 2.30. The smallest absolute Gasteiger partial charge is 0.0600 e. The van der Waals surface area contributed by atoms with Crippen molar-refractivity contribution in [1.82, 2.24) is 4.98 Å². The predicted octanol–water partition coefficient (Wildman–Crippen LogP) is 3.38. The van der Waals surface area contributed by atoms with Gasteiger partial charge in [0, 0.05) is 18.7 Å². The van der Waals surface area contributed by atoms with E-state index in [0.717, 1.165) is 0 Å². The maximum atomic E-state index is 3.24. The molecule has 0 saturated heterocycles. The van der Waals surface area contributed by atoms with Crippen LogP contribution in [0.4, 0.5) is 0 Å². The third-order valence-corrected chi connectivity index (χ3v) is 3.41. The van der Waals surface area contributed by atoms with E-state index in [1.165, 1.54) is 18.0 Å². The lowest BCUT2D eigenvalue weighted by Crippen LogP contribution is -1.73. The second kappa shape index (κ2) is 2.93. The Balaban J connectivity index is 2.94. The highest BCUT2D eigenvalue weighted by Crippen LogP contribution is 2.23. The third-order valence-electron chi connectivity index (χ3n) is 1.61. The van der Waals surface area contributed by atoms with Gasteiger partial charge >= 0.3 is 0 Å². The Kier molecular flexibility index (Phi) is 2.09. The minimum absolute atomic E-state index is 1.25. The molecule has 1 nitrogen and oxygen atoms in total. The van der Waals surface area contributed by atoms with Crippen LogP contribution in [0.3, 0.4) is 0 Å². The van der Waals surface area contributed by atoms with Gasteiger partial charge < -0.3 is 4.98 Å². The maximum Gasteiger partial charge on any atom is 0.0600 e. The molecule has 0 unspecified atom stereocenters. The van der Waals surface area contributed by atoms with Crippen molar-refractivity contribution in [2.24, 2.45) is 0 Å². The van der Waals surface area contributed by atoms with Crippen molar-refractivity contribution in [3.8, 4) is 0 Å². The quantitative estimate of drug-likeness (QED) is 0.686. The lowest BCUT2D eigenvalue weighted by Gasteiger charge is -1.92. The molecule has 0 radical (unpaired) electrons. The summed E-state index contributed by atoms with van der Waals surface area (Å²) in [6.07, 6.45) is 2.04. The third kappa shape index (κ3) is 1.28. The monoisotopic (exact) mass is 369 g/mol. The van der Waals surface area contributed by atoms with Gasteiger partial charge in [0.15, 0.2) is 0 Å². The lowest BCUT2D eigenvalue weighted by atomic mass is 10.3. The summed E-state index contributed by atoms with van der Waals surface area (Å²) < 4.78 is 2.57. The van der Waals surface area contributed by atoms with Crippen LogP contribution in [0, 0.1) is 7.14 Å². The Hall–Kier alpha value is 0.220. The lowest BCUT2D eigenvalue weighted by molar-refractivity contribution is 1.45. The number of hydrogen-bond acceptors (Lipinski definition) is 0. The van der Waals surface area contributed by atoms with Crippen molar-refractivity contribution in [2.75, 3.05) is 0 Å². The molecule has 0 spiro atoms. The van der Waals surface area contributed by atoms with Crippen molar-refractivity contribution in [2.45, 2.75) is 0 Å². The van der Waals surface area contributed by atoms with E-state index in [9.17, 15) is 0 Å². The number of halogens is 2. The summed E-state index contributed by atoms with van der Waals surface area (Å²) in [6.45, 7) is 0. The normalized spacial score (nSPS) is 10.7. The number of benzene rings is 1. The molecule has 0 atom stereocenters. The fourth-order valence-corrected chi connectivity index (χ4v) is 2.34. The molecule has 0 bridgehead atoms. The van der Waals surface area contributed by atoms with Crippen LogP contribution in [0.25, 0.3) is 10.9 Å². The fourth-order valence-electron chi connectivity index (χ4n) is 1.08. The summed E-state index contributed by atoms with van der Waals surface area (Å²) in [7, 11) is 0. The van der Waals surface area contributed by atoms with Crippen molar-refractivity contribution in [3.05, 3.63) is 31.5 Å². The van der Waals surface area contributed by atoms with Crippen LogP contribution >= 0.6 is 45.2 Å². The molecule has 1 N–H and O–H groups in total. The van der Waals surface area contributed by atoms with Crippen LogP contribution in [0.2, 0.25) is 0 Å². The van der Waals surface area contributed by atoms with E-state index in [0.29, 0.717) is 0 Å². The van der Waals surface area contributed by atoms with E-state index in [2.05, 4.69) is 68.4 Å². The zero-order valence-corrected chi connectivity index (χ0v) is 9.88. The van der Waals surface area contributed by atoms with Crippen molar-refractivity contribution >= 4 is 56.1 Å². The molecule has 3 heteroatoms. The van der Waals surface area contributed by atoms with E-state index in [1.807, 2.05) is 6.20 Å². The first-order chi connectivity index (χ1) is 5.29. The number of para-hydroxylation sites is 1. The molecule has 0 aliphatic heterocycles. The van der Waals surface area contributed by atoms with Crippen molar-refractivity contribution < 1.29 is 0 Å². The summed E-state index contributed by atoms with van der Waals surface area (Å²) in [5, 5.41) is 1.32. The van der Waals surface area contributed by atoms with E-state index < -0.39 is 0 Å². The first kappa shape index (κ1) is 7.85. The van der Waals surface area contributed by atoms with Gasteiger partial charge in [0.05, 0.1) is 5.52 Å². The van der Waals surface area contributed by atoms with Gasteiger partial charge in [0.25, 0.3) is 0 Å². The summed E-state index contributed by atoms with van der Waals surface area (Å²) in [5.74, 6) is 0. The highest BCUT2D eigenvalue weighted by atomic mass is 127. The minimum atomic E-state index is 1.25. The molecule has 2 aromatic rings. The Morgan fingerprint density at radius 2 is 1.91 bits per heavy atom. The topological polar surface area (TPSA) is 15.8 Å². The van der Waals surface area contributed by atoms with Crippen LogP contribution in [-0.4, -0.2) is 4.98 Å². The van der Waals surface area contributed by atoms with Crippen LogP contribution in [0.15, 0.2) is 24.4 Å². The average molecular weight is 369 g/mol. The Morgan fingerprint density at radius 1 is 1.09 bits per heavy atom. The first-order valence-corrected chi connectivity index (χ1v) is 5.36. The van der Waals surface area contributed by atoms with Crippen molar-refractivity contribution in [1.29, 1.82) is 0 Å². The molecule has 56 valence electrons. The number of aromatic nitrogens is 1. The van der Waals surface area contributed by atoms with Gasteiger partial charge in [-0.1, -0.05) is 12.1 Å². The number of aromatic amines is 1. The number of hydrogen-bond donors (Lipinski definition) is 1. The van der Waals surface area contributed by atoms with E-state index in [-0.39, 0.29) is 0 Å². The summed E-state index contributed by atoms with van der Waals surface area (Å²) in [5.41, 5.74) is 1.25. The van der Waals surface area contributed by atoms with Gasteiger partial charge in [-0.05, 0) is 51.2 Å². The molecule has 0 amide bonds. The Bertz CT molecular complexity index is 392. The minimum Gasteiger partial charge on any atom is -0.359 e. The van der Waals surface area contributed by atoms with Crippen LogP contribution in [-0.2, 0) is 0 Å². The van der Waals surface area contributed by atoms with Gasteiger partial charge in [0.2, 0.25) is 0 Å². The maximum absolute atomic E-state index is 3.24. The van der Waals surface area contributed by atoms with E-state index in [4.69, 9.17) is 0 Å². The molecule has 0 aliphatic carbocycles. The molecule has 0 saturated carbocycles. The van der Waals surface area contributed by atoms with E-state index in [1.54, 1.807) is 0 Å². The SMILES string of the molecule is Ic1c[nH]c2c(I)cccc12. The molecule has 1 heterocycles. The Labute approximate surface area is 91.8 Å². The van der Waals surface area contributed by atoms with Crippen LogP contribution in [0.1, 0.15) is 0 Å². The van der Waals surface area contributed by atoms with Gasteiger partial charge in [-0.25, -0.2) is 0 Å². The molecule has 1 aromatic carbocycles. The van der Waals surface area contributed by atoms with Crippen molar-refractivity contribution in [3.63, 3.8) is 0 Å². The standard InChI is InChI=1S/C8H5I2N/c9-6-3-1-2-5-7(10)4-11-8(5)6/h1-4,11H. The highest BCUT2D eigenvalue weighted by molar-refractivity contribution is 14.1. The van der Waals surface area contributed by atoms with Gasteiger partial charge in [0.1, 0.15) is 0 Å². The van der Waals surface area contributed by atoms with Crippen LogP contribution in [0.5, 0.6) is 0 Å². The van der Waals surface area contributed by atoms with Crippen LogP contribution < -0.4 is 0 Å². The number of rotatable bonds is 0. The van der Waals surface area contributed by atoms with Gasteiger partial charge in [-0.15, -0.1) is 0 Å². The Morgan fingerprint density at radius 3 is 2.64 bits per heavy atom. The van der Waals surface area contributed by atoms with Gasteiger partial charge in [-0.3, -0.25) is 0 Å². The molecular formula is C8H5I2N. The molecule has 0 aliphatic rings. The molecule has 0 fully saturated rings. The average Bonchev–Trinajstić information content (AvgIpc) is 2.35. The predicted molar refractivity (Wildman–Crippen MR) is 63.7 cm³/mol. The summed E-state index contributed by atoms with van der Waals surface area (Å²) in [6, 6.07) is 6.32. The second-order valence-corrected chi connectivity index (χ2v) is 4.62. The summed E-state index contributed by atoms with van der Waals surface area (Å²) >= 11 is 4.67. The zero-order valence-electron chi connectivity index (χ0n) is 5.57. The number of fused-ring (bicyclic) bond motifs is 1. The highest BCUT2D eigenvalue weighted by Gasteiger charge is 2.01. The molecule has 11 heavy (non-hydrogen) atoms. The zero-order chi connectivity index (χ0) is 7.84. The fraction of sp³-hybridized carbons (Fsp3) is 0. The number of nitrogens with one attached hydrogen (secondary N) is 1. The number of H-pyrrole nitrogens is 1.